The third-order valence-corrected chi connectivity index (χ3v) is 5.25. The van der Waals surface area contributed by atoms with Crippen LogP contribution in [0.25, 0.3) is 0 Å². The maximum atomic E-state index is 13.8. The van der Waals surface area contributed by atoms with E-state index in [9.17, 15) is 18.0 Å². The number of halogens is 3. The molecule has 0 saturated carbocycles. The Balaban J connectivity index is 1.74. The highest BCUT2D eigenvalue weighted by molar-refractivity contribution is 5.47. The van der Waals surface area contributed by atoms with E-state index in [1.165, 1.54) is 10.6 Å². The van der Waals surface area contributed by atoms with Crippen molar-refractivity contribution in [1.29, 1.82) is 0 Å². The van der Waals surface area contributed by atoms with E-state index in [1.807, 2.05) is 18.7 Å². The normalized spacial score (nSPS) is 20.0. The molecular formula is C18H23F3N6O3. The standard InChI is InChI=1S/C18H23F3N6O3/c1-11(2)16-23-14(30-24-16)10-27-12(18(19,20)21)3-4-26-15(28)9-13(22-17(26)27)25-5-7-29-8-6-25/h9,11-12H,3-8,10H2,1-2H3/t12-/m0/s1. The molecular weight excluding hydrogens is 405 g/mol. The van der Waals surface area contributed by atoms with E-state index in [1.54, 1.807) is 0 Å². The van der Waals surface area contributed by atoms with Crippen molar-refractivity contribution in [2.45, 2.75) is 51.5 Å². The van der Waals surface area contributed by atoms with Crippen LogP contribution in [0.5, 0.6) is 0 Å². The number of hydrogen-bond donors (Lipinski definition) is 0. The van der Waals surface area contributed by atoms with E-state index < -0.39 is 12.2 Å². The van der Waals surface area contributed by atoms with Gasteiger partial charge in [0.15, 0.2) is 5.82 Å². The number of anilines is 2. The van der Waals surface area contributed by atoms with Gasteiger partial charge in [0, 0.05) is 31.6 Å². The van der Waals surface area contributed by atoms with Gasteiger partial charge < -0.3 is 19.1 Å². The summed E-state index contributed by atoms with van der Waals surface area (Å²) in [5.74, 6) is 0.742. The number of ether oxygens (including phenoxy) is 1. The second-order valence-corrected chi connectivity index (χ2v) is 7.68. The van der Waals surface area contributed by atoms with Crippen molar-refractivity contribution in [1.82, 2.24) is 19.7 Å². The van der Waals surface area contributed by atoms with E-state index in [-0.39, 0.29) is 42.8 Å². The summed E-state index contributed by atoms with van der Waals surface area (Å²) in [6, 6.07) is -0.441. The molecule has 0 unspecified atom stereocenters. The zero-order valence-electron chi connectivity index (χ0n) is 16.7. The fourth-order valence-electron chi connectivity index (χ4n) is 3.65. The topological polar surface area (TPSA) is 89.5 Å². The van der Waals surface area contributed by atoms with Gasteiger partial charge in [-0.1, -0.05) is 19.0 Å². The summed E-state index contributed by atoms with van der Waals surface area (Å²) in [5.41, 5.74) is -0.388. The maximum Gasteiger partial charge on any atom is 0.408 e. The van der Waals surface area contributed by atoms with Crippen LogP contribution in [0, 0.1) is 0 Å². The summed E-state index contributed by atoms with van der Waals surface area (Å²) in [6.45, 7) is 5.33. The van der Waals surface area contributed by atoms with Crippen LogP contribution in [0.15, 0.2) is 15.4 Å². The smallest absolute Gasteiger partial charge is 0.378 e. The Hall–Kier alpha value is -2.63. The highest BCUT2D eigenvalue weighted by Crippen LogP contribution is 2.35. The van der Waals surface area contributed by atoms with Crippen molar-refractivity contribution < 1.29 is 22.4 Å². The SMILES string of the molecule is CC(C)c1noc(CN2c3nc(N4CCOCC4)cc(=O)n3CC[C@H]2C(F)(F)F)n1. The molecule has 2 aliphatic heterocycles. The number of hydrogen-bond acceptors (Lipinski definition) is 8. The van der Waals surface area contributed by atoms with Gasteiger partial charge in [0.1, 0.15) is 18.4 Å². The molecule has 2 aromatic rings. The van der Waals surface area contributed by atoms with Gasteiger partial charge in [-0.2, -0.15) is 23.1 Å². The van der Waals surface area contributed by atoms with Gasteiger partial charge >= 0.3 is 6.18 Å². The Morgan fingerprint density at radius 2 is 1.93 bits per heavy atom. The summed E-state index contributed by atoms with van der Waals surface area (Å²) in [6.07, 6.45) is -4.76. The van der Waals surface area contributed by atoms with Crippen molar-refractivity contribution in [2.75, 3.05) is 36.1 Å². The summed E-state index contributed by atoms with van der Waals surface area (Å²) >= 11 is 0. The van der Waals surface area contributed by atoms with Gasteiger partial charge in [-0.25, -0.2) is 0 Å². The molecule has 2 aromatic heterocycles. The molecule has 0 bridgehead atoms. The first-order valence-corrected chi connectivity index (χ1v) is 9.84. The number of alkyl halides is 3. The average Bonchev–Trinajstić information content (AvgIpc) is 3.17. The molecule has 1 fully saturated rings. The van der Waals surface area contributed by atoms with E-state index in [0.29, 0.717) is 37.9 Å². The second-order valence-electron chi connectivity index (χ2n) is 7.68. The van der Waals surface area contributed by atoms with Crippen LogP contribution >= 0.6 is 0 Å². The van der Waals surface area contributed by atoms with E-state index in [4.69, 9.17) is 9.26 Å². The Labute approximate surface area is 170 Å². The molecule has 0 amide bonds. The predicted octanol–water partition coefficient (Wildman–Crippen LogP) is 1.93. The molecule has 4 rings (SSSR count). The molecule has 30 heavy (non-hydrogen) atoms. The quantitative estimate of drug-likeness (QED) is 0.730. The summed E-state index contributed by atoms with van der Waals surface area (Å²) in [4.78, 5) is 24.2. The molecule has 0 aromatic carbocycles. The Morgan fingerprint density at radius 1 is 1.20 bits per heavy atom. The Morgan fingerprint density at radius 3 is 2.57 bits per heavy atom. The van der Waals surface area contributed by atoms with Crippen LogP contribution in [0.1, 0.15) is 37.9 Å². The molecule has 2 aliphatic rings. The van der Waals surface area contributed by atoms with Gasteiger partial charge in [0.05, 0.1) is 13.2 Å². The first-order chi connectivity index (χ1) is 14.2. The number of fused-ring (bicyclic) bond motifs is 1. The number of aromatic nitrogens is 4. The minimum absolute atomic E-state index is 0.0248. The van der Waals surface area contributed by atoms with Crippen LogP contribution in [0.2, 0.25) is 0 Å². The van der Waals surface area contributed by atoms with Crippen LogP contribution in [0.4, 0.5) is 24.9 Å². The molecule has 0 radical (unpaired) electrons. The molecule has 12 heteroatoms. The van der Waals surface area contributed by atoms with Crippen LogP contribution in [-0.2, 0) is 17.8 Å². The molecule has 164 valence electrons. The van der Waals surface area contributed by atoms with Crippen molar-refractivity contribution in [3.05, 3.63) is 28.1 Å². The Kier molecular flexibility index (Phi) is 5.43. The lowest BCUT2D eigenvalue weighted by Gasteiger charge is -2.39. The zero-order valence-corrected chi connectivity index (χ0v) is 16.7. The highest BCUT2D eigenvalue weighted by atomic mass is 19.4. The summed E-state index contributed by atoms with van der Waals surface area (Å²) in [7, 11) is 0. The van der Waals surface area contributed by atoms with Gasteiger partial charge in [-0.15, -0.1) is 0 Å². The predicted molar refractivity (Wildman–Crippen MR) is 101 cm³/mol. The van der Waals surface area contributed by atoms with Crippen molar-refractivity contribution >= 4 is 11.8 Å². The molecule has 1 atom stereocenters. The third-order valence-electron chi connectivity index (χ3n) is 5.25. The highest BCUT2D eigenvalue weighted by Gasteiger charge is 2.47. The lowest BCUT2D eigenvalue weighted by molar-refractivity contribution is -0.153. The van der Waals surface area contributed by atoms with E-state index in [2.05, 4.69) is 15.1 Å². The molecule has 4 heterocycles. The average molecular weight is 428 g/mol. The largest absolute Gasteiger partial charge is 0.408 e. The van der Waals surface area contributed by atoms with Crippen molar-refractivity contribution in [3.63, 3.8) is 0 Å². The molecule has 0 aliphatic carbocycles. The van der Waals surface area contributed by atoms with Gasteiger partial charge in [0.2, 0.25) is 11.8 Å². The van der Waals surface area contributed by atoms with Gasteiger partial charge in [-0.05, 0) is 6.42 Å². The fraction of sp³-hybridized carbons (Fsp3) is 0.667. The van der Waals surface area contributed by atoms with E-state index >= 15 is 0 Å². The molecule has 9 nitrogen and oxygen atoms in total. The minimum Gasteiger partial charge on any atom is -0.378 e. The molecule has 0 N–H and O–H groups in total. The number of morpholine rings is 1. The minimum atomic E-state index is -4.50. The zero-order chi connectivity index (χ0) is 21.5. The van der Waals surface area contributed by atoms with Crippen LogP contribution in [0.3, 0.4) is 0 Å². The Bertz CT molecular complexity index is 951. The lowest BCUT2D eigenvalue weighted by Crippen LogP contribution is -2.52. The monoisotopic (exact) mass is 428 g/mol. The van der Waals surface area contributed by atoms with Crippen molar-refractivity contribution in [3.8, 4) is 0 Å². The van der Waals surface area contributed by atoms with Gasteiger partial charge in [-0.3, -0.25) is 9.36 Å². The number of rotatable bonds is 4. The van der Waals surface area contributed by atoms with E-state index in [0.717, 1.165) is 4.90 Å². The second kappa shape index (κ2) is 7.89. The van der Waals surface area contributed by atoms with Gasteiger partial charge in [0.25, 0.3) is 5.56 Å². The van der Waals surface area contributed by atoms with Crippen LogP contribution in [-0.4, -0.2) is 58.2 Å². The third kappa shape index (κ3) is 4.00. The molecule has 0 spiro atoms. The lowest BCUT2D eigenvalue weighted by atomic mass is 10.1. The summed E-state index contributed by atoms with van der Waals surface area (Å²) < 4.78 is 53.2. The fourth-order valence-corrected chi connectivity index (χ4v) is 3.65. The summed E-state index contributed by atoms with van der Waals surface area (Å²) in [5, 5.41) is 3.83. The van der Waals surface area contributed by atoms with Crippen molar-refractivity contribution in [2.24, 2.45) is 0 Å². The first-order valence-electron chi connectivity index (χ1n) is 9.84. The molecule has 1 saturated heterocycles. The van der Waals surface area contributed by atoms with Crippen LogP contribution < -0.4 is 15.4 Å². The maximum absolute atomic E-state index is 13.8. The number of nitrogens with zero attached hydrogens (tertiary/aromatic N) is 6. The first kappa shape index (κ1) is 20.6.